The van der Waals surface area contributed by atoms with E-state index in [-0.39, 0.29) is 31.3 Å². The highest BCUT2D eigenvalue weighted by molar-refractivity contribution is 5.66. The highest BCUT2D eigenvalue weighted by Crippen LogP contribution is 2.10. The molecule has 0 aliphatic heterocycles. The summed E-state index contributed by atoms with van der Waals surface area (Å²) in [5, 5.41) is 0. The van der Waals surface area contributed by atoms with Crippen LogP contribution in [0.15, 0.2) is 12.2 Å². The van der Waals surface area contributed by atoms with E-state index in [0.29, 0.717) is 6.61 Å². The van der Waals surface area contributed by atoms with Crippen LogP contribution in [0.1, 0.15) is 111 Å². The second-order valence-corrected chi connectivity index (χ2v) is 8.04. The Morgan fingerprint density at radius 1 is 0.667 bits per heavy atom. The third-order valence-electron chi connectivity index (χ3n) is 4.95. The normalized spacial score (nSPS) is 11.3. The zero-order chi connectivity index (χ0) is 22.3. The van der Waals surface area contributed by atoms with E-state index in [2.05, 4.69) is 19.1 Å². The minimum Gasteiger partial charge on any atom is -0.463 e. The highest BCUT2D eigenvalue weighted by Gasteiger charge is 2.13. The van der Waals surface area contributed by atoms with E-state index in [1.165, 1.54) is 90.9 Å². The number of ether oxygens (including phenoxy) is 3. The van der Waals surface area contributed by atoms with Crippen LogP contribution in [-0.4, -0.2) is 37.9 Å². The third-order valence-corrected chi connectivity index (χ3v) is 4.95. The van der Waals surface area contributed by atoms with Gasteiger partial charge in [-0.15, -0.1) is 0 Å². The molecule has 0 spiro atoms. The fraction of sp³-hybridized carbons (Fsp3) is 0.840. The summed E-state index contributed by atoms with van der Waals surface area (Å²) in [6, 6.07) is 0. The van der Waals surface area contributed by atoms with Gasteiger partial charge in [0, 0.05) is 20.5 Å². The zero-order valence-electron chi connectivity index (χ0n) is 19.8. The molecule has 0 aromatic carbocycles. The van der Waals surface area contributed by atoms with E-state index < -0.39 is 0 Å². The van der Waals surface area contributed by atoms with E-state index in [4.69, 9.17) is 14.2 Å². The lowest BCUT2D eigenvalue weighted by Crippen LogP contribution is -2.28. The van der Waals surface area contributed by atoms with Crippen molar-refractivity contribution in [2.24, 2.45) is 0 Å². The topological polar surface area (TPSA) is 61.8 Å². The quantitative estimate of drug-likeness (QED) is 0.118. The summed E-state index contributed by atoms with van der Waals surface area (Å²) >= 11 is 0. The fourth-order valence-electron chi connectivity index (χ4n) is 3.16. The molecular formula is C25H46O5. The number of rotatable bonds is 21. The summed E-state index contributed by atoms with van der Waals surface area (Å²) in [5.74, 6) is -0.715. The minimum atomic E-state index is -0.388. The Morgan fingerprint density at radius 2 is 1.10 bits per heavy atom. The molecule has 30 heavy (non-hydrogen) atoms. The SMILES string of the molecule is CCCCCCCCC=CCCCCCCCCOC(COC(C)=O)COC(C)=O. The number of hydrogen-bond acceptors (Lipinski definition) is 5. The Kier molecular flexibility index (Phi) is 21.3. The Bertz CT molecular complexity index is 415. The molecule has 0 fully saturated rings. The molecule has 5 nitrogen and oxygen atoms in total. The second kappa shape index (κ2) is 22.3. The zero-order valence-corrected chi connectivity index (χ0v) is 19.8. The van der Waals surface area contributed by atoms with Gasteiger partial charge in [0.25, 0.3) is 0 Å². The van der Waals surface area contributed by atoms with Crippen LogP contribution in [0.4, 0.5) is 0 Å². The standard InChI is InChI=1S/C25H46O5/c1-4-5-6-7-8-9-10-11-12-13-14-15-16-17-18-19-20-28-25(21-29-23(2)26)22-30-24(3)27/h11-12,25H,4-10,13-22H2,1-3H3. The summed E-state index contributed by atoms with van der Waals surface area (Å²) in [5.41, 5.74) is 0. The Morgan fingerprint density at radius 3 is 1.57 bits per heavy atom. The molecule has 0 bridgehead atoms. The van der Waals surface area contributed by atoms with Crippen molar-refractivity contribution >= 4 is 11.9 Å². The number of carbonyl (C=O) groups is 2. The van der Waals surface area contributed by atoms with Crippen molar-refractivity contribution in [2.75, 3.05) is 19.8 Å². The van der Waals surface area contributed by atoms with Gasteiger partial charge in [-0.3, -0.25) is 9.59 Å². The monoisotopic (exact) mass is 426 g/mol. The first-order valence-electron chi connectivity index (χ1n) is 12.1. The lowest BCUT2D eigenvalue weighted by atomic mass is 10.1. The summed E-state index contributed by atoms with van der Waals surface area (Å²) in [7, 11) is 0. The minimum absolute atomic E-state index is 0.120. The average Bonchev–Trinajstić information content (AvgIpc) is 2.71. The first-order valence-corrected chi connectivity index (χ1v) is 12.1. The average molecular weight is 427 g/mol. The van der Waals surface area contributed by atoms with Gasteiger partial charge >= 0.3 is 11.9 Å². The second-order valence-electron chi connectivity index (χ2n) is 8.04. The molecular weight excluding hydrogens is 380 g/mol. The van der Waals surface area contributed by atoms with Crippen molar-refractivity contribution in [3.05, 3.63) is 12.2 Å². The van der Waals surface area contributed by atoms with Gasteiger partial charge in [0.05, 0.1) is 0 Å². The predicted octanol–water partition coefficient (Wildman–Crippen LogP) is 6.54. The molecule has 0 aromatic heterocycles. The van der Waals surface area contributed by atoms with Crippen LogP contribution in [0.3, 0.4) is 0 Å². The number of carbonyl (C=O) groups excluding carboxylic acids is 2. The molecule has 0 aliphatic carbocycles. The first kappa shape index (κ1) is 28.6. The van der Waals surface area contributed by atoms with Crippen LogP contribution in [0.25, 0.3) is 0 Å². The highest BCUT2D eigenvalue weighted by atomic mass is 16.6. The van der Waals surface area contributed by atoms with Gasteiger partial charge in [0.1, 0.15) is 19.3 Å². The van der Waals surface area contributed by atoms with E-state index in [1.807, 2.05) is 0 Å². The molecule has 176 valence electrons. The Hall–Kier alpha value is -1.36. The lowest BCUT2D eigenvalue weighted by molar-refractivity contribution is -0.152. The molecule has 0 unspecified atom stereocenters. The van der Waals surface area contributed by atoms with Gasteiger partial charge in [0.2, 0.25) is 0 Å². The van der Waals surface area contributed by atoms with Gasteiger partial charge in [-0.1, -0.05) is 76.9 Å². The molecule has 0 rings (SSSR count). The number of allylic oxidation sites excluding steroid dienone is 2. The van der Waals surface area contributed by atoms with Crippen molar-refractivity contribution in [3.8, 4) is 0 Å². The van der Waals surface area contributed by atoms with Crippen molar-refractivity contribution in [1.29, 1.82) is 0 Å². The molecule has 0 heterocycles. The molecule has 0 aliphatic rings. The molecule has 0 atom stereocenters. The third kappa shape index (κ3) is 22.9. The Balaban J connectivity index is 3.48. The maximum absolute atomic E-state index is 10.9. The van der Waals surface area contributed by atoms with E-state index in [0.717, 1.165) is 12.8 Å². The smallest absolute Gasteiger partial charge is 0.302 e. The van der Waals surface area contributed by atoms with Crippen molar-refractivity contribution in [2.45, 2.75) is 117 Å². The van der Waals surface area contributed by atoms with E-state index in [1.54, 1.807) is 0 Å². The maximum atomic E-state index is 10.9. The fourth-order valence-corrected chi connectivity index (χ4v) is 3.16. The van der Waals surface area contributed by atoms with Gasteiger partial charge in [0.15, 0.2) is 0 Å². The summed E-state index contributed by atoms with van der Waals surface area (Å²) < 4.78 is 15.6. The summed E-state index contributed by atoms with van der Waals surface area (Å²) in [6.45, 7) is 5.80. The molecule has 0 saturated carbocycles. The van der Waals surface area contributed by atoms with Gasteiger partial charge in [-0.05, 0) is 32.1 Å². The summed E-state index contributed by atoms with van der Waals surface area (Å²) in [4.78, 5) is 21.9. The van der Waals surface area contributed by atoms with Crippen LogP contribution < -0.4 is 0 Å². The molecule has 0 saturated heterocycles. The number of hydrogen-bond donors (Lipinski definition) is 0. The van der Waals surface area contributed by atoms with Crippen LogP contribution in [-0.2, 0) is 23.8 Å². The lowest BCUT2D eigenvalue weighted by Gasteiger charge is -2.17. The van der Waals surface area contributed by atoms with Crippen LogP contribution >= 0.6 is 0 Å². The van der Waals surface area contributed by atoms with Gasteiger partial charge in [-0.2, -0.15) is 0 Å². The van der Waals surface area contributed by atoms with Crippen molar-refractivity contribution < 1.29 is 23.8 Å². The van der Waals surface area contributed by atoms with Crippen LogP contribution in [0.5, 0.6) is 0 Å². The van der Waals surface area contributed by atoms with Crippen molar-refractivity contribution in [3.63, 3.8) is 0 Å². The molecule has 0 amide bonds. The first-order chi connectivity index (χ1) is 14.6. The molecule has 0 aromatic rings. The van der Waals surface area contributed by atoms with Crippen LogP contribution in [0.2, 0.25) is 0 Å². The predicted molar refractivity (Wildman–Crippen MR) is 122 cm³/mol. The van der Waals surface area contributed by atoms with Crippen LogP contribution in [0, 0.1) is 0 Å². The molecule has 0 radical (unpaired) electrons. The number of unbranched alkanes of at least 4 members (excludes halogenated alkanes) is 12. The largest absolute Gasteiger partial charge is 0.463 e. The number of esters is 2. The molecule has 5 heteroatoms. The van der Waals surface area contributed by atoms with E-state index in [9.17, 15) is 9.59 Å². The molecule has 0 N–H and O–H groups in total. The summed E-state index contributed by atoms with van der Waals surface area (Å²) in [6.07, 6.45) is 22.1. The van der Waals surface area contributed by atoms with Crippen molar-refractivity contribution in [1.82, 2.24) is 0 Å². The van der Waals surface area contributed by atoms with Gasteiger partial charge in [-0.25, -0.2) is 0 Å². The van der Waals surface area contributed by atoms with Gasteiger partial charge < -0.3 is 14.2 Å². The maximum Gasteiger partial charge on any atom is 0.302 e. The van der Waals surface area contributed by atoms with E-state index >= 15 is 0 Å². The Labute approximate surface area is 184 Å².